The average Bonchev–Trinajstić information content (AvgIpc) is 3.28. The first-order chi connectivity index (χ1) is 11.7. The third-order valence-electron chi connectivity index (χ3n) is 6.10. The zero-order chi connectivity index (χ0) is 16.5. The van der Waals surface area contributed by atoms with Crippen LogP contribution in [0.25, 0.3) is 0 Å². The molecule has 1 aromatic rings. The van der Waals surface area contributed by atoms with Gasteiger partial charge in [0, 0.05) is 36.0 Å². The van der Waals surface area contributed by atoms with Crippen molar-refractivity contribution in [1.82, 2.24) is 10.2 Å². The maximum absolute atomic E-state index is 12.9. The molecule has 0 saturated carbocycles. The van der Waals surface area contributed by atoms with Crippen LogP contribution in [0.2, 0.25) is 0 Å². The summed E-state index contributed by atoms with van der Waals surface area (Å²) >= 11 is 1.60. The van der Waals surface area contributed by atoms with Crippen molar-refractivity contribution in [3.63, 3.8) is 0 Å². The number of fused-ring (bicyclic) bond motifs is 2. The van der Waals surface area contributed by atoms with Crippen LogP contribution >= 0.6 is 23.7 Å². The lowest BCUT2D eigenvalue weighted by molar-refractivity contribution is -0.133. The number of carbonyl (C=O) groups excluding carboxylic acids is 1. The summed E-state index contributed by atoms with van der Waals surface area (Å²) in [7, 11) is 0. The molecule has 4 rings (SSSR count). The number of rotatable bonds is 5. The molecule has 0 aliphatic carbocycles. The normalized spacial score (nSPS) is 32.4. The number of thiophene rings is 1. The number of halogens is 1. The average molecular weight is 385 g/mol. The molecule has 1 amide bonds. The lowest BCUT2D eigenvalue weighted by atomic mass is 9.89. The number of nitrogens with zero attached hydrogens (tertiary/aromatic N) is 1. The molecule has 3 saturated heterocycles. The summed E-state index contributed by atoms with van der Waals surface area (Å²) in [6.07, 6.45) is 7.97. The smallest absolute Gasteiger partial charge is 0.223 e. The van der Waals surface area contributed by atoms with Crippen molar-refractivity contribution in [2.75, 3.05) is 6.54 Å². The van der Waals surface area contributed by atoms with Crippen LogP contribution in [-0.4, -0.2) is 40.6 Å². The van der Waals surface area contributed by atoms with Crippen LogP contribution < -0.4 is 5.32 Å². The first kappa shape index (κ1) is 19.2. The van der Waals surface area contributed by atoms with Crippen molar-refractivity contribution >= 4 is 29.7 Å². The number of nitrogens with one attached hydrogen (secondary N) is 1. The molecule has 0 radical (unpaired) electrons. The lowest BCUT2D eigenvalue weighted by Crippen LogP contribution is -2.41. The van der Waals surface area contributed by atoms with Crippen LogP contribution in [0.1, 0.15) is 62.3 Å². The molecule has 25 heavy (non-hydrogen) atoms. The second kappa shape index (κ2) is 8.38. The van der Waals surface area contributed by atoms with Gasteiger partial charge in [0.05, 0.1) is 6.10 Å². The number of hydrogen-bond donors (Lipinski definition) is 2. The molecule has 0 spiro atoms. The Hall–Kier alpha value is -0.620. The maximum Gasteiger partial charge on any atom is 0.223 e. The Morgan fingerprint density at radius 1 is 1.32 bits per heavy atom. The molecule has 6 heteroatoms. The molecule has 1 aromatic heterocycles. The van der Waals surface area contributed by atoms with Gasteiger partial charge in [0.15, 0.2) is 0 Å². The number of piperidine rings is 1. The number of carbonyl (C=O) groups is 1. The molecule has 4 heterocycles. The van der Waals surface area contributed by atoms with E-state index in [4.69, 9.17) is 0 Å². The van der Waals surface area contributed by atoms with Gasteiger partial charge in [0.25, 0.3) is 0 Å². The predicted octanol–water partition coefficient (Wildman–Crippen LogP) is 3.51. The standard InChI is InChI=1S/C19H28N2O2S.ClH/c22-17(18-4-2-8-24-18)12-16-3-1-7-21(16)19(23)11-13-9-14-5-6-15(10-13)20-14;/h2,4,8,13-17,20,22H,1,3,5-7,9-12H2;1H. The molecule has 140 valence electrons. The first-order valence-corrected chi connectivity index (χ1v) is 10.3. The molecular weight excluding hydrogens is 356 g/mol. The third kappa shape index (κ3) is 4.38. The topological polar surface area (TPSA) is 52.6 Å². The van der Waals surface area contributed by atoms with Crippen LogP contribution in [0.4, 0.5) is 0 Å². The van der Waals surface area contributed by atoms with Crippen molar-refractivity contribution in [3.05, 3.63) is 22.4 Å². The van der Waals surface area contributed by atoms with Crippen molar-refractivity contribution < 1.29 is 9.90 Å². The second-order valence-corrected chi connectivity index (χ2v) is 8.81. The predicted molar refractivity (Wildman–Crippen MR) is 103 cm³/mol. The van der Waals surface area contributed by atoms with Gasteiger partial charge in [-0.1, -0.05) is 6.07 Å². The Balaban J connectivity index is 0.00000182. The summed E-state index contributed by atoms with van der Waals surface area (Å²) in [5.41, 5.74) is 0. The number of likely N-dealkylation sites (tertiary alicyclic amines) is 1. The number of hydrogen-bond acceptors (Lipinski definition) is 4. The minimum atomic E-state index is -0.432. The van der Waals surface area contributed by atoms with Crippen LogP contribution in [0, 0.1) is 5.92 Å². The lowest BCUT2D eigenvalue weighted by Gasteiger charge is -2.32. The Labute approximate surface area is 160 Å². The summed E-state index contributed by atoms with van der Waals surface area (Å²) in [5.74, 6) is 0.877. The zero-order valence-electron chi connectivity index (χ0n) is 14.6. The van der Waals surface area contributed by atoms with Crippen molar-refractivity contribution in [3.8, 4) is 0 Å². The van der Waals surface area contributed by atoms with Gasteiger partial charge in [0.2, 0.25) is 5.91 Å². The summed E-state index contributed by atoms with van der Waals surface area (Å²) in [5, 5.41) is 16.1. The fourth-order valence-electron chi connectivity index (χ4n) is 4.97. The fraction of sp³-hybridized carbons (Fsp3) is 0.737. The molecule has 3 aliphatic rings. The molecule has 2 N–H and O–H groups in total. The van der Waals surface area contributed by atoms with E-state index in [1.54, 1.807) is 11.3 Å². The highest BCUT2D eigenvalue weighted by Gasteiger charge is 2.37. The monoisotopic (exact) mass is 384 g/mol. The van der Waals surface area contributed by atoms with Crippen molar-refractivity contribution in [1.29, 1.82) is 0 Å². The Bertz CT molecular complexity index is 556. The van der Waals surface area contributed by atoms with Crippen LogP contribution in [-0.2, 0) is 4.79 Å². The molecule has 2 bridgehead atoms. The minimum absolute atomic E-state index is 0. The van der Waals surface area contributed by atoms with Gasteiger partial charge in [-0.25, -0.2) is 0 Å². The SMILES string of the molecule is Cl.O=C(CC1CC2CCC(C1)N2)N1CCCC1CC(O)c1cccs1. The van der Waals surface area contributed by atoms with Crippen LogP contribution in [0.5, 0.6) is 0 Å². The van der Waals surface area contributed by atoms with Crippen molar-refractivity contribution in [2.45, 2.75) is 75.6 Å². The van der Waals surface area contributed by atoms with E-state index < -0.39 is 6.10 Å². The quantitative estimate of drug-likeness (QED) is 0.816. The Morgan fingerprint density at radius 2 is 2.08 bits per heavy atom. The maximum atomic E-state index is 12.9. The van der Waals surface area contributed by atoms with E-state index in [1.807, 2.05) is 17.5 Å². The molecule has 4 unspecified atom stereocenters. The van der Waals surface area contributed by atoms with E-state index in [0.717, 1.165) is 24.3 Å². The van der Waals surface area contributed by atoms with Gasteiger partial charge in [-0.2, -0.15) is 0 Å². The molecule has 0 aromatic carbocycles. The van der Waals surface area contributed by atoms with Crippen LogP contribution in [0.15, 0.2) is 17.5 Å². The molecule has 4 atom stereocenters. The van der Waals surface area contributed by atoms with Gasteiger partial charge in [-0.3, -0.25) is 4.79 Å². The minimum Gasteiger partial charge on any atom is -0.387 e. The highest BCUT2D eigenvalue weighted by atomic mass is 35.5. The third-order valence-corrected chi connectivity index (χ3v) is 7.07. The number of amides is 1. The van der Waals surface area contributed by atoms with Crippen molar-refractivity contribution in [2.24, 2.45) is 5.92 Å². The molecule has 4 nitrogen and oxygen atoms in total. The van der Waals surface area contributed by atoms with E-state index in [0.29, 0.717) is 36.8 Å². The van der Waals surface area contributed by atoms with E-state index in [1.165, 1.54) is 25.7 Å². The van der Waals surface area contributed by atoms with Gasteiger partial charge in [0.1, 0.15) is 0 Å². The largest absolute Gasteiger partial charge is 0.387 e. The van der Waals surface area contributed by atoms with E-state index in [-0.39, 0.29) is 18.4 Å². The van der Waals surface area contributed by atoms with Gasteiger partial charge in [-0.15, -0.1) is 23.7 Å². The summed E-state index contributed by atoms with van der Waals surface area (Å²) in [4.78, 5) is 15.9. The molecular formula is C19H29ClN2O2S. The first-order valence-electron chi connectivity index (χ1n) is 9.46. The number of aliphatic hydroxyl groups excluding tert-OH is 1. The van der Waals surface area contributed by atoms with E-state index in [2.05, 4.69) is 10.2 Å². The summed E-state index contributed by atoms with van der Waals surface area (Å²) in [6, 6.07) is 5.48. The van der Waals surface area contributed by atoms with Gasteiger partial charge >= 0.3 is 0 Å². The van der Waals surface area contributed by atoms with Crippen LogP contribution in [0.3, 0.4) is 0 Å². The zero-order valence-corrected chi connectivity index (χ0v) is 16.2. The molecule has 3 fully saturated rings. The highest BCUT2D eigenvalue weighted by Crippen LogP contribution is 2.35. The van der Waals surface area contributed by atoms with Gasteiger partial charge in [-0.05, 0) is 62.3 Å². The summed E-state index contributed by atoms with van der Waals surface area (Å²) < 4.78 is 0. The van der Waals surface area contributed by atoms with E-state index in [9.17, 15) is 9.90 Å². The van der Waals surface area contributed by atoms with E-state index >= 15 is 0 Å². The number of aliphatic hydroxyl groups is 1. The Kier molecular flexibility index (Phi) is 6.42. The van der Waals surface area contributed by atoms with Gasteiger partial charge < -0.3 is 15.3 Å². The fourth-order valence-corrected chi connectivity index (χ4v) is 5.69. The Morgan fingerprint density at radius 3 is 2.76 bits per heavy atom. The molecule has 3 aliphatic heterocycles. The summed E-state index contributed by atoms with van der Waals surface area (Å²) in [6.45, 7) is 0.873. The highest BCUT2D eigenvalue weighted by molar-refractivity contribution is 7.10. The second-order valence-electron chi connectivity index (χ2n) is 7.83.